The van der Waals surface area contributed by atoms with Gasteiger partial charge in [-0.25, -0.2) is 0 Å². The predicted octanol–water partition coefficient (Wildman–Crippen LogP) is 1.62. The summed E-state index contributed by atoms with van der Waals surface area (Å²) in [4.78, 5) is 0. The zero-order valence-corrected chi connectivity index (χ0v) is 7.40. The molecule has 1 unspecified atom stereocenters. The molecule has 13 heavy (non-hydrogen) atoms. The molecule has 0 aliphatic heterocycles. The molecule has 1 aromatic carbocycles. The molecular weight excluding hydrogens is 168 g/mol. The first kappa shape index (κ1) is 9.61. The first-order chi connectivity index (χ1) is 6.19. The fourth-order valence-corrected chi connectivity index (χ4v) is 1.02. The molecule has 3 nitrogen and oxygen atoms in total. The molecule has 0 amide bonds. The molecule has 1 aromatic rings. The fourth-order valence-electron chi connectivity index (χ4n) is 1.02. The Hall–Kier alpha value is -1.48. The zero-order chi connectivity index (χ0) is 9.84. The van der Waals surface area contributed by atoms with Gasteiger partial charge in [-0.05, 0) is 18.2 Å². The van der Waals surface area contributed by atoms with Crippen molar-refractivity contribution in [3.63, 3.8) is 0 Å². The highest BCUT2D eigenvalue weighted by Gasteiger charge is 2.09. The molecular formula is C10H12O3. The van der Waals surface area contributed by atoms with E-state index in [2.05, 4.69) is 6.58 Å². The maximum absolute atomic E-state index is 9.40. The number of rotatable bonds is 3. The minimum atomic E-state index is -0.866. The van der Waals surface area contributed by atoms with Gasteiger partial charge in [-0.2, -0.15) is 0 Å². The third-order valence-corrected chi connectivity index (χ3v) is 1.78. The highest BCUT2D eigenvalue weighted by atomic mass is 16.5. The first-order valence-corrected chi connectivity index (χ1v) is 3.86. The Morgan fingerprint density at radius 1 is 1.54 bits per heavy atom. The maximum Gasteiger partial charge on any atom is 0.121 e. The molecule has 0 spiro atoms. The van der Waals surface area contributed by atoms with E-state index < -0.39 is 6.10 Å². The number of phenols is 1. The molecule has 0 heterocycles. The van der Waals surface area contributed by atoms with Gasteiger partial charge >= 0.3 is 0 Å². The van der Waals surface area contributed by atoms with Crippen LogP contribution in [0.3, 0.4) is 0 Å². The Morgan fingerprint density at radius 3 is 2.77 bits per heavy atom. The van der Waals surface area contributed by atoms with Gasteiger partial charge in [0.1, 0.15) is 17.6 Å². The van der Waals surface area contributed by atoms with E-state index in [4.69, 9.17) is 4.74 Å². The predicted molar refractivity (Wildman–Crippen MR) is 49.8 cm³/mol. The molecule has 0 saturated carbocycles. The number of ether oxygens (including phenoxy) is 1. The number of aliphatic hydroxyl groups is 1. The van der Waals surface area contributed by atoms with Crippen LogP contribution in [0.1, 0.15) is 11.7 Å². The lowest BCUT2D eigenvalue weighted by atomic mass is 10.1. The molecule has 0 bridgehead atoms. The molecule has 2 N–H and O–H groups in total. The summed E-state index contributed by atoms with van der Waals surface area (Å²) in [6, 6.07) is 4.66. The summed E-state index contributed by atoms with van der Waals surface area (Å²) >= 11 is 0. The Morgan fingerprint density at radius 2 is 2.23 bits per heavy atom. The third-order valence-electron chi connectivity index (χ3n) is 1.78. The van der Waals surface area contributed by atoms with Crippen molar-refractivity contribution in [2.24, 2.45) is 0 Å². The summed E-state index contributed by atoms with van der Waals surface area (Å²) in [7, 11) is 1.52. The van der Waals surface area contributed by atoms with Crippen LogP contribution in [0.25, 0.3) is 0 Å². The van der Waals surface area contributed by atoms with Crippen LogP contribution in [-0.4, -0.2) is 17.3 Å². The lowest BCUT2D eigenvalue weighted by Crippen LogP contribution is -1.94. The maximum atomic E-state index is 9.40. The van der Waals surface area contributed by atoms with Crippen LogP contribution >= 0.6 is 0 Å². The van der Waals surface area contributed by atoms with Gasteiger partial charge in [0.05, 0.1) is 7.11 Å². The number of aromatic hydroxyl groups is 1. The normalized spacial score (nSPS) is 12.2. The molecule has 70 valence electrons. The number of methoxy groups -OCH3 is 1. The number of hydrogen-bond acceptors (Lipinski definition) is 3. The summed E-state index contributed by atoms with van der Waals surface area (Å²) in [6.45, 7) is 3.43. The minimum Gasteiger partial charge on any atom is -0.508 e. The monoisotopic (exact) mass is 180 g/mol. The minimum absolute atomic E-state index is 0.0354. The zero-order valence-electron chi connectivity index (χ0n) is 7.40. The van der Waals surface area contributed by atoms with Crippen molar-refractivity contribution in [3.05, 3.63) is 36.4 Å². The standard InChI is InChI=1S/C10H12O3/c1-3-9(11)8-6-7(13-2)4-5-10(8)12/h3-6,9,11-12H,1H2,2H3. The van der Waals surface area contributed by atoms with E-state index in [0.29, 0.717) is 11.3 Å². The van der Waals surface area contributed by atoms with Crippen molar-refractivity contribution >= 4 is 0 Å². The van der Waals surface area contributed by atoms with E-state index in [1.807, 2.05) is 0 Å². The molecule has 0 aliphatic carbocycles. The largest absolute Gasteiger partial charge is 0.508 e. The number of hydrogen-bond donors (Lipinski definition) is 2. The van der Waals surface area contributed by atoms with E-state index in [1.54, 1.807) is 12.1 Å². The van der Waals surface area contributed by atoms with Crippen molar-refractivity contribution in [3.8, 4) is 11.5 Å². The summed E-state index contributed by atoms with van der Waals surface area (Å²) < 4.78 is 4.95. The molecule has 0 aliphatic rings. The molecule has 1 rings (SSSR count). The topological polar surface area (TPSA) is 49.7 Å². The van der Waals surface area contributed by atoms with Gasteiger partial charge in [-0.3, -0.25) is 0 Å². The van der Waals surface area contributed by atoms with Crippen LogP contribution in [-0.2, 0) is 0 Å². The summed E-state index contributed by atoms with van der Waals surface area (Å²) in [6.07, 6.45) is 0.476. The Bertz CT molecular complexity index is 307. The van der Waals surface area contributed by atoms with Crippen molar-refractivity contribution < 1.29 is 14.9 Å². The van der Waals surface area contributed by atoms with E-state index in [1.165, 1.54) is 19.3 Å². The average molecular weight is 180 g/mol. The van der Waals surface area contributed by atoms with Crippen LogP contribution in [0.5, 0.6) is 11.5 Å². The van der Waals surface area contributed by atoms with Gasteiger partial charge in [0.2, 0.25) is 0 Å². The number of benzene rings is 1. The molecule has 0 aromatic heterocycles. The SMILES string of the molecule is C=CC(O)c1cc(OC)ccc1O. The second-order valence-corrected chi connectivity index (χ2v) is 2.61. The molecule has 0 radical (unpaired) electrons. The van der Waals surface area contributed by atoms with Gasteiger partial charge in [-0.1, -0.05) is 6.08 Å². The van der Waals surface area contributed by atoms with Gasteiger partial charge in [0.15, 0.2) is 0 Å². The highest BCUT2D eigenvalue weighted by molar-refractivity contribution is 5.41. The fraction of sp³-hybridized carbons (Fsp3) is 0.200. The van der Waals surface area contributed by atoms with Crippen LogP contribution in [0.15, 0.2) is 30.9 Å². The van der Waals surface area contributed by atoms with Crippen molar-refractivity contribution in [2.75, 3.05) is 7.11 Å². The number of aliphatic hydroxyl groups excluding tert-OH is 1. The van der Waals surface area contributed by atoms with Crippen molar-refractivity contribution in [1.29, 1.82) is 0 Å². The van der Waals surface area contributed by atoms with Crippen LogP contribution in [0, 0.1) is 0 Å². The van der Waals surface area contributed by atoms with Crippen molar-refractivity contribution in [2.45, 2.75) is 6.10 Å². The van der Waals surface area contributed by atoms with E-state index in [0.717, 1.165) is 0 Å². The Kier molecular flexibility index (Phi) is 2.93. The van der Waals surface area contributed by atoms with Gasteiger partial charge in [0.25, 0.3) is 0 Å². The lowest BCUT2D eigenvalue weighted by molar-refractivity contribution is 0.223. The lowest BCUT2D eigenvalue weighted by Gasteiger charge is -2.09. The molecule has 0 saturated heterocycles. The molecule has 1 atom stereocenters. The number of phenolic OH excluding ortho intramolecular Hbond substituents is 1. The quantitative estimate of drug-likeness (QED) is 0.695. The summed E-state index contributed by atoms with van der Waals surface area (Å²) in [5.74, 6) is 0.627. The van der Waals surface area contributed by atoms with Crippen LogP contribution < -0.4 is 4.74 Å². The smallest absolute Gasteiger partial charge is 0.121 e. The van der Waals surface area contributed by atoms with E-state index in [9.17, 15) is 10.2 Å². The third kappa shape index (κ3) is 2.00. The van der Waals surface area contributed by atoms with E-state index in [-0.39, 0.29) is 5.75 Å². The Labute approximate surface area is 76.9 Å². The van der Waals surface area contributed by atoms with Crippen LogP contribution in [0.4, 0.5) is 0 Å². The summed E-state index contributed by atoms with van der Waals surface area (Å²) in [5.41, 5.74) is 0.398. The summed E-state index contributed by atoms with van der Waals surface area (Å²) in [5, 5.41) is 18.8. The van der Waals surface area contributed by atoms with Gasteiger partial charge < -0.3 is 14.9 Å². The first-order valence-electron chi connectivity index (χ1n) is 3.86. The van der Waals surface area contributed by atoms with Crippen molar-refractivity contribution in [1.82, 2.24) is 0 Å². The molecule has 0 fully saturated rings. The average Bonchev–Trinajstić information content (AvgIpc) is 2.17. The highest BCUT2D eigenvalue weighted by Crippen LogP contribution is 2.28. The van der Waals surface area contributed by atoms with Gasteiger partial charge in [-0.15, -0.1) is 6.58 Å². The second-order valence-electron chi connectivity index (χ2n) is 2.61. The van der Waals surface area contributed by atoms with Crippen LogP contribution in [0.2, 0.25) is 0 Å². The van der Waals surface area contributed by atoms with E-state index >= 15 is 0 Å². The second kappa shape index (κ2) is 3.96. The van der Waals surface area contributed by atoms with Gasteiger partial charge in [0, 0.05) is 5.56 Å². The Balaban J connectivity index is 3.10. The molecule has 3 heteroatoms.